The van der Waals surface area contributed by atoms with Crippen molar-refractivity contribution in [3.8, 4) is 0 Å². The second kappa shape index (κ2) is 6.69. The van der Waals surface area contributed by atoms with Crippen LogP contribution in [0.1, 0.15) is 11.4 Å². The summed E-state index contributed by atoms with van der Waals surface area (Å²) < 4.78 is 7.26. The maximum Gasteiger partial charge on any atom is 0.133 e. The van der Waals surface area contributed by atoms with Crippen molar-refractivity contribution in [1.29, 1.82) is 0 Å². The van der Waals surface area contributed by atoms with Crippen molar-refractivity contribution in [3.63, 3.8) is 0 Å². The van der Waals surface area contributed by atoms with Gasteiger partial charge < -0.3 is 19.5 Å². The average Bonchev–Trinajstić information content (AvgIpc) is 2.99. The van der Waals surface area contributed by atoms with Crippen molar-refractivity contribution in [2.24, 2.45) is 0 Å². The third-order valence-electron chi connectivity index (χ3n) is 3.71. The summed E-state index contributed by atoms with van der Waals surface area (Å²) in [6, 6.07) is 4.12. The number of imidazole rings is 1. The molecular weight excluding hydrogens is 266 g/mol. The van der Waals surface area contributed by atoms with E-state index in [2.05, 4.69) is 30.8 Å². The zero-order valence-electron chi connectivity index (χ0n) is 12.3. The van der Waals surface area contributed by atoms with Crippen LogP contribution in [0.2, 0.25) is 0 Å². The predicted molar refractivity (Wildman–Crippen MR) is 81.1 cm³/mol. The lowest BCUT2D eigenvalue weighted by Gasteiger charge is -2.30. The van der Waals surface area contributed by atoms with E-state index in [-0.39, 0.29) is 0 Å². The molecule has 0 saturated heterocycles. The number of hydrogen-bond acceptors (Lipinski definition) is 5. The standard InChI is InChI=1S/C15H21N5O/c1-21-10-6-16-11-13-3-2-4-18-15(13)20-9-8-19-7-5-17-14(19)12-20/h2-5,7,16H,6,8-12H2,1H3. The van der Waals surface area contributed by atoms with E-state index in [0.29, 0.717) is 0 Å². The smallest absolute Gasteiger partial charge is 0.133 e. The Labute approximate surface area is 124 Å². The summed E-state index contributed by atoms with van der Waals surface area (Å²) in [5, 5.41) is 3.38. The number of fused-ring (bicyclic) bond motifs is 1. The molecular formula is C15H21N5O. The molecule has 1 N–H and O–H groups in total. The zero-order chi connectivity index (χ0) is 14.5. The zero-order valence-corrected chi connectivity index (χ0v) is 12.3. The third-order valence-corrected chi connectivity index (χ3v) is 3.71. The Bertz CT molecular complexity index is 583. The fourth-order valence-electron chi connectivity index (χ4n) is 2.60. The topological polar surface area (TPSA) is 55.2 Å². The molecule has 2 aromatic rings. The maximum atomic E-state index is 5.06. The van der Waals surface area contributed by atoms with Gasteiger partial charge in [-0.05, 0) is 6.07 Å². The SMILES string of the molecule is COCCNCc1cccnc1N1CCn2ccnc2C1. The molecule has 6 nitrogen and oxygen atoms in total. The monoisotopic (exact) mass is 287 g/mol. The highest BCUT2D eigenvalue weighted by molar-refractivity contribution is 5.47. The van der Waals surface area contributed by atoms with E-state index in [0.717, 1.165) is 51.0 Å². The lowest BCUT2D eigenvalue weighted by Crippen LogP contribution is -2.35. The fourth-order valence-corrected chi connectivity index (χ4v) is 2.60. The largest absolute Gasteiger partial charge is 0.383 e. The number of nitrogens with zero attached hydrogens (tertiary/aromatic N) is 4. The Balaban J connectivity index is 1.70. The molecule has 0 aliphatic carbocycles. The quantitative estimate of drug-likeness (QED) is 0.804. The molecule has 21 heavy (non-hydrogen) atoms. The van der Waals surface area contributed by atoms with Crippen LogP contribution in [0.15, 0.2) is 30.7 Å². The van der Waals surface area contributed by atoms with Gasteiger partial charge in [-0.1, -0.05) is 6.07 Å². The van der Waals surface area contributed by atoms with Crippen molar-refractivity contribution in [2.75, 3.05) is 31.7 Å². The Hall–Kier alpha value is -1.92. The van der Waals surface area contributed by atoms with E-state index in [1.54, 1.807) is 7.11 Å². The van der Waals surface area contributed by atoms with Gasteiger partial charge in [-0.3, -0.25) is 0 Å². The van der Waals surface area contributed by atoms with Gasteiger partial charge in [-0.2, -0.15) is 0 Å². The molecule has 0 unspecified atom stereocenters. The van der Waals surface area contributed by atoms with Crippen molar-refractivity contribution in [1.82, 2.24) is 19.9 Å². The highest BCUT2D eigenvalue weighted by Crippen LogP contribution is 2.21. The van der Waals surface area contributed by atoms with Crippen LogP contribution in [0.25, 0.3) is 0 Å². The fraction of sp³-hybridized carbons (Fsp3) is 0.467. The van der Waals surface area contributed by atoms with E-state index < -0.39 is 0 Å². The van der Waals surface area contributed by atoms with E-state index in [9.17, 15) is 0 Å². The molecule has 0 aromatic carbocycles. The minimum absolute atomic E-state index is 0.719. The second-order valence-electron chi connectivity index (χ2n) is 5.11. The minimum Gasteiger partial charge on any atom is -0.383 e. The normalized spacial score (nSPS) is 14.2. The number of rotatable bonds is 6. The summed E-state index contributed by atoms with van der Waals surface area (Å²) in [5.41, 5.74) is 1.22. The first-order chi connectivity index (χ1) is 10.4. The van der Waals surface area contributed by atoms with E-state index in [1.165, 1.54) is 5.56 Å². The molecule has 0 radical (unpaired) electrons. The highest BCUT2D eigenvalue weighted by Gasteiger charge is 2.19. The molecule has 1 aliphatic rings. The lowest BCUT2D eigenvalue weighted by atomic mass is 10.2. The van der Waals surface area contributed by atoms with Gasteiger partial charge in [0.2, 0.25) is 0 Å². The van der Waals surface area contributed by atoms with E-state index in [4.69, 9.17) is 4.74 Å². The predicted octanol–water partition coefficient (Wildman–Crippen LogP) is 1.03. The van der Waals surface area contributed by atoms with Gasteiger partial charge in [0.1, 0.15) is 11.6 Å². The van der Waals surface area contributed by atoms with Gasteiger partial charge in [-0.15, -0.1) is 0 Å². The Morgan fingerprint density at radius 2 is 2.24 bits per heavy atom. The summed E-state index contributed by atoms with van der Waals surface area (Å²) >= 11 is 0. The number of hydrogen-bond donors (Lipinski definition) is 1. The van der Waals surface area contributed by atoms with Crippen LogP contribution >= 0.6 is 0 Å². The number of pyridine rings is 1. The molecule has 0 atom stereocenters. The van der Waals surface area contributed by atoms with Gasteiger partial charge >= 0.3 is 0 Å². The molecule has 3 rings (SSSR count). The minimum atomic E-state index is 0.719. The molecule has 0 amide bonds. The molecule has 6 heteroatoms. The summed E-state index contributed by atoms with van der Waals surface area (Å²) in [5.74, 6) is 2.15. The maximum absolute atomic E-state index is 5.06. The number of anilines is 1. The van der Waals surface area contributed by atoms with Gasteiger partial charge in [-0.25, -0.2) is 9.97 Å². The van der Waals surface area contributed by atoms with Crippen LogP contribution < -0.4 is 10.2 Å². The van der Waals surface area contributed by atoms with Crippen LogP contribution in [0, 0.1) is 0 Å². The first kappa shape index (κ1) is 14.0. The van der Waals surface area contributed by atoms with Crippen molar-refractivity contribution in [2.45, 2.75) is 19.6 Å². The molecule has 112 valence electrons. The summed E-state index contributed by atoms with van der Waals surface area (Å²) in [6.45, 7) is 5.10. The number of methoxy groups -OCH3 is 1. The van der Waals surface area contributed by atoms with Crippen LogP contribution in [0.4, 0.5) is 5.82 Å². The van der Waals surface area contributed by atoms with Crippen LogP contribution in [0.5, 0.6) is 0 Å². The third kappa shape index (κ3) is 3.22. The van der Waals surface area contributed by atoms with Crippen molar-refractivity contribution < 1.29 is 4.74 Å². The first-order valence-corrected chi connectivity index (χ1v) is 7.27. The molecule has 2 aromatic heterocycles. The molecule has 0 spiro atoms. The summed E-state index contributed by atoms with van der Waals surface area (Å²) in [7, 11) is 1.72. The molecule has 3 heterocycles. The van der Waals surface area contributed by atoms with Crippen molar-refractivity contribution >= 4 is 5.82 Å². The molecule has 0 fully saturated rings. The van der Waals surface area contributed by atoms with Crippen LogP contribution in [0.3, 0.4) is 0 Å². The highest BCUT2D eigenvalue weighted by atomic mass is 16.5. The van der Waals surface area contributed by atoms with Crippen molar-refractivity contribution in [3.05, 3.63) is 42.1 Å². The average molecular weight is 287 g/mol. The Kier molecular flexibility index (Phi) is 4.47. The first-order valence-electron chi connectivity index (χ1n) is 7.27. The number of nitrogens with one attached hydrogen (secondary N) is 1. The molecule has 1 aliphatic heterocycles. The van der Waals surface area contributed by atoms with Gasteiger partial charge in [0, 0.05) is 57.4 Å². The van der Waals surface area contributed by atoms with Gasteiger partial charge in [0.25, 0.3) is 0 Å². The Morgan fingerprint density at radius 3 is 3.14 bits per heavy atom. The lowest BCUT2D eigenvalue weighted by molar-refractivity contribution is 0.199. The molecule has 0 saturated carbocycles. The summed E-state index contributed by atoms with van der Waals surface area (Å²) in [4.78, 5) is 11.3. The number of aromatic nitrogens is 3. The van der Waals surface area contributed by atoms with Gasteiger partial charge in [0.15, 0.2) is 0 Å². The number of ether oxygens (including phenoxy) is 1. The summed E-state index contributed by atoms with van der Waals surface area (Å²) in [6.07, 6.45) is 5.76. The Morgan fingerprint density at radius 1 is 1.29 bits per heavy atom. The second-order valence-corrected chi connectivity index (χ2v) is 5.11. The van der Waals surface area contributed by atoms with Gasteiger partial charge in [0.05, 0.1) is 13.2 Å². The molecule has 0 bridgehead atoms. The van der Waals surface area contributed by atoms with Crippen LogP contribution in [-0.2, 0) is 24.4 Å². The van der Waals surface area contributed by atoms with Crippen LogP contribution in [-0.4, -0.2) is 41.3 Å². The van der Waals surface area contributed by atoms with E-state index in [1.807, 2.05) is 24.7 Å². The van der Waals surface area contributed by atoms with E-state index >= 15 is 0 Å².